The average Bonchev–Trinajstić information content (AvgIpc) is 3.60. The maximum Gasteiger partial charge on any atom is 0.312 e. The molecule has 1 atom stereocenters. The molecular formula is C32H26O8. The monoisotopic (exact) mass is 538 g/mol. The molecule has 40 heavy (non-hydrogen) atoms. The van der Waals surface area contributed by atoms with Gasteiger partial charge in [-0.25, -0.2) is 0 Å². The molecule has 3 aromatic carbocycles. The fourth-order valence-electron chi connectivity index (χ4n) is 5.06. The number of ether oxygens (including phenoxy) is 5. The number of esters is 1. The van der Waals surface area contributed by atoms with E-state index in [-0.39, 0.29) is 23.9 Å². The van der Waals surface area contributed by atoms with Gasteiger partial charge in [0.05, 0.1) is 39.1 Å². The second kappa shape index (κ2) is 10.6. The Labute approximate surface area is 230 Å². The van der Waals surface area contributed by atoms with E-state index in [1.165, 1.54) is 6.26 Å². The predicted molar refractivity (Wildman–Crippen MR) is 145 cm³/mol. The van der Waals surface area contributed by atoms with Crippen molar-refractivity contribution in [2.24, 2.45) is 0 Å². The summed E-state index contributed by atoms with van der Waals surface area (Å²) in [6, 6.07) is 20.1. The number of methoxy groups -OCH3 is 2. The second-order valence-electron chi connectivity index (χ2n) is 9.37. The quantitative estimate of drug-likeness (QED) is 0.154. The van der Waals surface area contributed by atoms with Crippen molar-refractivity contribution in [3.05, 3.63) is 107 Å². The van der Waals surface area contributed by atoms with Crippen molar-refractivity contribution in [2.45, 2.75) is 18.8 Å². The van der Waals surface area contributed by atoms with Crippen molar-refractivity contribution in [2.75, 3.05) is 20.8 Å². The molecule has 202 valence electrons. The summed E-state index contributed by atoms with van der Waals surface area (Å²) in [5.41, 5.74) is 2.83. The van der Waals surface area contributed by atoms with Gasteiger partial charge in [-0.2, -0.15) is 0 Å². The number of fused-ring (bicyclic) bond motifs is 3. The molecule has 0 bridgehead atoms. The Kier molecular flexibility index (Phi) is 6.74. The van der Waals surface area contributed by atoms with Gasteiger partial charge in [0.15, 0.2) is 17.3 Å². The molecule has 0 radical (unpaired) electrons. The smallest absolute Gasteiger partial charge is 0.312 e. The number of hydrogen-bond acceptors (Lipinski definition) is 8. The molecular weight excluding hydrogens is 512 g/mol. The summed E-state index contributed by atoms with van der Waals surface area (Å²) in [4.78, 5) is 25.9. The molecule has 0 saturated heterocycles. The van der Waals surface area contributed by atoms with Gasteiger partial charge >= 0.3 is 5.97 Å². The molecule has 0 unspecified atom stereocenters. The number of Topliss-reactive ketones (excluding diaryl/α,β-unsaturated/α-hetero) is 1. The number of furan rings is 1. The molecule has 2 aliphatic rings. The Morgan fingerprint density at radius 3 is 2.52 bits per heavy atom. The summed E-state index contributed by atoms with van der Waals surface area (Å²) in [7, 11) is 3.21. The largest absolute Gasteiger partial charge is 0.497 e. The highest BCUT2D eigenvalue weighted by molar-refractivity contribution is 6.15. The van der Waals surface area contributed by atoms with Crippen LogP contribution in [0.2, 0.25) is 0 Å². The molecule has 8 heteroatoms. The third-order valence-electron chi connectivity index (χ3n) is 7.00. The van der Waals surface area contributed by atoms with Crippen LogP contribution in [0.4, 0.5) is 0 Å². The number of carbonyl (C=O) groups is 2. The third kappa shape index (κ3) is 4.68. The SMILES string of the molecule is COc1ccc(CCOc2c(OC)cccc2[C@H]2CC(=O)Oc3ccc4c(c32)O/C(=C\c2ccco2)C4=O)cc1. The number of para-hydroxylation sites is 1. The van der Waals surface area contributed by atoms with Crippen molar-refractivity contribution >= 4 is 17.8 Å². The van der Waals surface area contributed by atoms with Gasteiger partial charge in [-0.15, -0.1) is 0 Å². The highest BCUT2D eigenvalue weighted by atomic mass is 16.5. The molecule has 4 aromatic rings. The van der Waals surface area contributed by atoms with E-state index in [2.05, 4.69) is 0 Å². The first-order valence-electron chi connectivity index (χ1n) is 12.8. The molecule has 0 spiro atoms. The summed E-state index contributed by atoms with van der Waals surface area (Å²) in [5.74, 6) is 2.04. The van der Waals surface area contributed by atoms with Crippen molar-refractivity contribution in [1.82, 2.24) is 0 Å². The molecule has 0 amide bonds. The minimum absolute atomic E-state index is 0.0419. The molecule has 0 saturated carbocycles. The zero-order chi connectivity index (χ0) is 27.6. The van der Waals surface area contributed by atoms with Gasteiger partial charge in [-0.1, -0.05) is 24.3 Å². The van der Waals surface area contributed by atoms with Crippen LogP contribution in [0.15, 0.2) is 83.2 Å². The van der Waals surface area contributed by atoms with Gasteiger partial charge in [-0.05, 0) is 48.0 Å². The summed E-state index contributed by atoms with van der Waals surface area (Å²) in [6.07, 6.45) is 3.77. The van der Waals surface area contributed by atoms with Crippen LogP contribution in [0.3, 0.4) is 0 Å². The van der Waals surface area contributed by atoms with Crippen LogP contribution in [0, 0.1) is 0 Å². The molecule has 0 aliphatic carbocycles. The number of carbonyl (C=O) groups excluding carboxylic acids is 2. The standard InChI is InChI=1S/C32H26O8/c1-35-20-10-8-19(9-11-20)14-16-38-31-22(6-3-7-26(31)36-2)24-18-28(33)39-25-13-12-23-30(34)27(40-32(23)29(24)25)17-21-5-4-15-37-21/h3-13,15,17,24H,14,16,18H2,1-2H3/b27-17-/t24-/m1/s1. The lowest BCUT2D eigenvalue weighted by atomic mass is 9.84. The van der Waals surface area contributed by atoms with Crippen molar-refractivity contribution in [1.29, 1.82) is 0 Å². The van der Waals surface area contributed by atoms with E-state index in [0.717, 1.165) is 16.9 Å². The van der Waals surface area contributed by atoms with E-state index < -0.39 is 5.92 Å². The van der Waals surface area contributed by atoms with E-state index in [4.69, 9.17) is 28.1 Å². The van der Waals surface area contributed by atoms with Crippen LogP contribution in [0.1, 0.15) is 45.1 Å². The first-order chi connectivity index (χ1) is 19.6. The van der Waals surface area contributed by atoms with Gasteiger partial charge in [0.2, 0.25) is 5.78 Å². The number of ketones is 1. The van der Waals surface area contributed by atoms with Gasteiger partial charge < -0.3 is 28.1 Å². The van der Waals surface area contributed by atoms with Crippen LogP contribution < -0.4 is 23.7 Å². The van der Waals surface area contributed by atoms with Crippen LogP contribution in [0.25, 0.3) is 6.08 Å². The summed E-state index contributed by atoms with van der Waals surface area (Å²) in [5, 5.41) is 0. The van der Waals surface area contributed by atoms with Crippen LogP contribution >= 0.6 is 0 Å². The number of benzene rings is 3. The molecule has 6 rings (SSSR count). The van der Waals surface area contributed by atoms with Crippen molar-refractivity contribution in [3.63, 3.8) is 0 Å². The second-order valence-corrected chi connectivity index (χ2v) is 9.37. The Bertz CT molecular complexity index is 1600. The Morgan fingerprint density at radius 2 is 1.77 bits per heavy atom. The number of allylic oxidation sites excluding steroid dienone is 1. The maximum absolute atomic E-state index is 13.2. The lowest BCUT2D eigenvalue weighted by molar-refractivity contribution is -0.135. The summed E-state index contributed by atoms with van der Waals surface area (Å²) < 4.78 is 34.3. The highest BCUT2D eigenvalue weighted by Crippen LogP contribution is 2.51. The van der Waals surface area contributed by atoms with Gasteiger partial charge in [-0.3, -0.25) is 9.59 Å². The highest BCUT2D eigenvalue weighted by Gasteiger charge is 2.40. The van der Waals surface area contributed by atoms with Gasteiger partial charge in [0.1, 0.15) is 23.0 Å². The molecule has 1 aromatic heterocycles. The van der Waals surface area contributed by atoms with Crippen molar-refractivity contribution < 1.29 is 37.7 Å². The van der Waals surface area contributed by atoms with Crippen LogP contribution in [-0.2, 0) is 11.2 Å². The van der Waals surface area contributed by atoms with Crippen LogP contribution in [0.5, 0.6) is 28.7 Å². The molecule has 3 heterocycles. The zero-order valence-electron chi connectivity index (χ0n) is 22.0. The van der Waals surface area contributed by atoms with Gasteiger partial charge in [0.25, 0.3) is 0 Å². The molecule has 8 nitrogen and oxygen atoms in total. The lowest BCUT2D eigenvalue weighted by Gasteiger charge is -2.28. The van der Waals surface area contributed by atoms with E-state index in [9.17, 15) is 9.59 Å². The summed E-state index contributed by atoms with van der Waals surface area (Å²) in [6.45, 7) is 0.377. The van der Waals surface area contributed by atoms with E-state index in [1.54, 1.807) is 44.6 Å². The normalized spacial score (nSPS) is 16.6. The maximum atomic E-state index is 13.2. The summed E-state index contributed by atoms with van der Waals surface area (Å²) >= 11 is 0. The van der Waals surface area contributed by atoms with Gasteiger partial charge in [0, 0.05) is 29.5 Å². The van der Waals surface area contributed by atoms with E-state index >= 15 is 0 Å². The first-order valence-corrected chi connectivity index (χ1v) is 12.8. The number of rotatable bonds is 8. The lowest BCUT2D eigenvalue weighted by Crippen LogP contribution is -2.22. The Morgan fingerprint density at radius 1 is 0.925 bits per heavy atom. The van der Waals surface area contributed by atoms with E-state index in [0.29, 0.717) is 52.9 Å². The predicted octanol–water partition coefficient (Wildman–Crippen LogP) is 5.98. The molecule has 0 fully saturated rings. The fraction of sp³-hybridized carbons (Fsp3) is 0.188. The zero-order valence-corrected chi connectivity index (χ0v) is 22.0. The first kappa shape index (κ1) is 25.3. The van der Waals surface area contributed by atoms with E-state index in [1.807, 2.05) is 42.5 Å². The third-order valence-corrected chi connectivity index (χ3v) is 7.00. The molecule has 0 N–H and O–H groups in total. The topological polar surface area (TPSA) is 93.4 Å². The minimum Gasteiger partial charge on any atom is -0.497 e. The minimum atomic E-state index is -0.493. The van der Waals surface area contributed by atoms with Crippen molar-refractivity contribution in [3.8, 4) is 28.7 Å². The Balaban J connectivity index is 1.36. The Hall–Kier alpha value is -4.98. The number of hydrogen-bond donors (Lipinski definition) is 0. The fourth-order valence-corrected chi connectivity index (χ4v) is 5.06. The molecule has 2 aliphatic heterocycles. The average molecular weight is 539 g/mol. The van der Waals surface area contributed by atoms with Crippen LogP contribution in [-0.4, -0.2) is 32.6 Å².